The van der Waals surface area contributed by atoms with E-state index >= 15 is 0 Å². The van der Waals surface area contributed by atoms with Crippen LogP contribution in [0.5, 0.6) is 0 Å². The zero-order valence-electron chi connectivity index (χ0n) is 19.5. The molecule has 1 aromatic carbocycles. The molecule has 0 saturated carbocycles. The average Bonchev–Trinajstić information content (AvgIpc) is 2.80. The van der Waals surface area contributed by atoms with Crippen LogP contribution in [0.15, 0.2) is 30.8 Å². The molecule has 0 N–H and O–H groups in total. The molecular formula is C25H42O6. The quantitative estimate of drug-likeness (QED) is 0.251. The molecule has 1 rings (SSSR count). The number of hydrogen-bond donors (Lipinski definition) is 0. The molecule has 0 radical (unpaired) electrons. The predicted molar refractivity (Wildman–Crippen MR) is 125 cm³/mol. The maximum absolute atomic E-state index is 5.85. The van der Waals surface area contributed by atoms with Crippen LogP contribution in [-0.4, -0.2) is 79.3 Å². The molecule has 178 valence electrons. The van der Waals surface area contributed by atoms with Gasteiger partial charge in [0.25, 0.3) is 0 Å². The van der Waals surface area contributed by atoms with E-state index in [9.17, 15) is 0 Å². The van der Waals surface area contributed by atoms with Crippen LogP contribution in [0.25, 0.3) is 6.08 Å². The SMILES string of the molecule is C=Cc1ccc(C(COCCOCCOCCC)COCCOCCOCCC)cc1. The lowest BCUT2D eigenvalue weighted by atomic mass is 9.99. The van der Waals surface area contributed by atoms with Crippen molar-refractivity contribution in [1.29, 1.82) is 0 Å². The largest absolute Gasteiger partial charge is 0.379 e. The fourth-order valence-corrected chi connectivity index (χ4v) is 2.76. The standard InChI is InChI=1S/C25H42O6/c1-4-11-26-13-15-28-17-19-30-21-25(24-9-7-23(6-3)8-10-24)22-31-20-18-29-16-14-27-12-5-2/h6-10,25H,3-5,11-22H2,1-2H3. The molecule has 1 aromatic rings. The summed E-state index contributed by atoms with van der Waals surface area (Å²) in [6.07, 6.45) is 3.90. The molecule has 0 amide bonds. The minimum absolute atomic E-state index is 0.152. The fourth-order valence-electron chi connectivity index (χ4n) is 2.76. The zero-order valence-corrected chi connectivity index (χ0v) is 19.5. The first-order chi connectivity index (χ1) is 15.3. The molecule has 0 spiro atoms. The van der Waals surface area contributed by atoms with E-state index in [0.29, 0.717) is 66.1 Å². The van der Waals surface area contributed by atoms with E-state index in [1.807, 2.05) is 6.08 Å². The summed E-state index contributed by atoms with van der Waals surface area (Å²) in [6, 6.07) is 8.34. The van der Waals surface area contributed by atoms with Gasteiger partial charge in [-0.15, -0.1) is 0 Å². The van der Waals surface area contributed by atoms with Crippen LogP contribution in [-0.2, 0) is 28.4 Å². The first-order valence-corrected chi connectivity index (χ1v) is 11.5. The van der Waals surface area contributed by atoms with E-state index < -0.39 is 0 Å². The molecule has 0 heterocycles. The summed E-state index contributed by atoms with van der Waals surface area (Å²) >= 11 is 0. The van der Waals surface area contributed by atoms with Crippen LogP contribution in [0.3, 0.4) is 0 Å². The zero-order chi connectivity index (χ0) is 22.4. The van der Waals surface area contributed by atoms with Gasteiger partial charge in [-0.1, -0.05) is 50.8 Å². The Hall–Kier alpha value is -1.28. The Morgan fingerprint density at radius 2 is 1.00 bits per heavy atom. The van der Waals surface area contributed by atoms with Gasteiger partial charge in [0.2, 0.25) is 0 Å². The highest BCUT2D eigenvalue weighted by atomic mass is 16.6. The summed E-state index contributed by atoms with van der Waals surface area (Å²) in [5.41, 5.74) is 2.29. The van der Waals surface area contributed by atoms with Crippen LogP contribution in [0.4, 0.5) is 0 Å². The Morgan fingerprint density at radius 3 is 1.39 bits per heavy atom. The summed E-state index contributed by atoms with van der Waals surface area (Å²) in [5, 5.41) is 0. The average molecular weight is 439 g/mol. The molecule has 31 heavy (non-hydrogen) atoms. The summed E-state index contributed by atoms with van der Waals surface area (Å²) < 4.78 is 33.6. The number of hydrogen-bond acceptors (Lipinski definition) is 6. The second-order valence-electron chi connectivity index (χ2n) is 7.17. The normalized spacial score (nSPS) is 11.3. The highest BCUT2D eigenvalue weighted by Gasteiger charge is 2.12. The van der Waals surface area contributed by atoms with Crippen LogP contribution in [0.1, 0.15) is 43.7 Å². The molecule has 0 atom stereocenters. The van der Waals surface area contributed by atoms with Gasteiger partial charge in [0, 0.05) is 19.1 Å². The highest BCUT2D eigenvalue weighted by molar-refractivity contribution is 5.47. The molecule has 0 aliphatic carbocycles. The summed E-state index contributed by atoms with van der Waals surface area (Å²) in [7, 11) is 0. The molecule has 0 fully saturated rings. The molecule has 0 saturated heterocycles. The Morgan fingerprint density at radius 1 is 0.613 bits per heavy atom. The maximum atomic E-state index is 5.85. The molecule has 0 aliphatic rings. The van der Waals surface area contributed by atoms with E-state index in [2.05, 4.69) is 44.7 Å². The molecule has 6 nitrogen and oxygen atoms in total. The van der Waals surface area contributed by atoms with Crippen molar-refractivity contribution in [3.8, 4) is 0 Å². The van der Waals surface area contributed by atoms with Gasteiger partial charge in [-0.2, -0.15) is 0 Å². The number of ether oxygens (including phenoxy) is 6. The Kier molecular flexibility index (Phi) is 18.5. The molecule has 0 aromatic heterocycles. The third-order valence-corrected chi connectivity index (χ3v) is 4.47. The first kappa shape index (κ1) is 27.8. The number of benzene rings is 1. The lowest BCUT2D eigenvalue weighted by Gasteiger charge is -2.18. The van der Waals surface area contributed by atoms with Gasteiger partial charge in [-0.25, -0.2) is 0 Å². The van der Waals surface area contributed by atoms with Crippen LogP contribution >= 0.6 is 0 Å². The molecule has 0 unspecified atom stereocenters. The Bertz CT molecular complexity index is 497. The fraction of sp³-hybridized carbons (Fsp3) is 0.680. The highest BCUT2D eigenvalue weighted by Crippen LogP contribution is 2.18. The summed E-state index contributed by atoms with van der Waals surface area (Å²) in [4.78, 5) is 0. The summed E-state index contributed by atoms with van der Waals surface area (Å²) in [6.45, 7) is 15.4. The second kappa shape index (κ2) is 20.6. The predicted octanol–water partition coefficient (Wildman–Crippen LogP) is 4.33. The molecular weight excluding hydrogens is 396 g/mol. The van der Waals surface area contributed by atoms with E-state index in [1.165, 1.54) is 5.56 Å². The topological polar surface area (TPSA) is 55.4 Å². The van der Waals surface area contributed by atoms with Crippen molar-refractivity contribution in [3.63, 3.8) is 0 Å². The Labute approximate surface area is 188 Å². The second-order valence-corrected chi connectivity index (χ2v) is 7.17. The third kappa shape index (κ3) is 15.2. The lowest BCUT2D eigenvalue weighted by molar-refractivity contribution is -0.00595. The van der Waals surface area contributed by atoms with E-state index in [1.54, 1.807) is 0 Å². The number of rotatable bonds is 22. The minimum Gasteiger partial charge on any atom is -0.379 e. The first-order valence-electron chi connectivity index (χ1n) is 11.5. The van der Waals surface area contributed by atoms with Crippen molar-refractivity contribution in [2.75, 3.05) is 79.3 Å². The van der Waals surface area contributed by atoms with Crippen LogP contribution in [0, 0.1) is 0 Å². The van der Waals surface area contributed by atoms with Crippen molar-refractivity contribution in [2.45, 2.75) is 32.6 Å². The van der Waals surface area contributed by atoms with E-state index in [4.69, 9.17) is 28.4 Å². The van der Waals surface area contributed by atoms with Gasteiger partial charge in [-0.3, -0.25) is 0 Å². The van der Waals surface area contributed by atoms with Gasteiger partial charge in [0.05, 0.1) is 66.1 Å². The minimum atomic E-state index is 0.152. The lowest BCUT2D eigenvalue weighted by Crippen LogP contribution is -2.18. The van der Waals surface area contributed by atoms with E-state index in [-0.39, 0.29) is 5.92 Å². The molecule has 0 bridgehead atoms. The van der Waals surface area contributed by atoms with Crippen LogP contribution < -0.4 is 0 Å². The van der Waals surface area contributed by atoms with Crippen molar-refractivity contribution in [2.24, 2.45) is 0 Å². The van der Waals surface area contributed by atoms with Crippen molar-refractivity contribution < 1.29 is 28.4 Å². The van der Waals surface area contributed by atoms with Gasteiger partial charge >= 0.3 is 0 Å². The maximum Gasteiger partial charge on any atom is 0.0701 e. The monoisotopic (exact) mass is 438 g/mol. The smallest absolute Gasteiger partial charge is 0.0701 e. The summed E-state index contributed by atoms with van der Waals surface area (Å²) in [5.74, 6) is 0.152. The van der Waals surface area contributed by atoms with Gasteiger partial charge < -0.3 is 28.4 Å². The Balaban J connectivity index is 2.26. The van der Waals surface area contributed by atoms with Crippen molar-refractivity contribution in [1.82, 2.24) is 0 Å². The third-order valence-electron chi connectivity index (χ3n) is 4.47. The van der Waals surface area contributed by atoms with Crippen molar-refractivity contribution in [3.05, 3.63) is 42.0 Å². The van der Waals surface area contributed by atoms with Crippen LogP contribution in [0.2, 0.25) is 0 Å². The van der Waals surface area contributed by atoms with Gasteiger partial charge in [0.15, 0.2) is 0 Å². The van der Waals surface area contributed by atoms with Crippen molar-refractivity contribution >= 4 is 6.08 Å². The molecule has 6 heteroatoms. The van der Waals surface area contributed by atoms with E-state index in [0.717, 1.165) is 31.6 Å². The van der Waals surface area contributed by atoms with Gasteiger partial charge in [-0.05, 0) is 24.0 Å². The molecule has 0 aliphatic heterocycles. The van der Waals surface area contributed by atoms with Gasteiger partial charge in [0.1, 0.15) is 0 Å².